The Morgan fingerprint density at radius 2 is 1.71 bits per heavy atom. The first kappa shape index (κ1) is 21.7. The highest BCUT2D eigenvalue weighted by Crippen LogP contribution is 2.23. The van der Waals surface area contributed by atoms with Gasteiger partial charge in [-0.3, -0.25) is 4.57 Å². The predicted molar refractivity (Wildman–Crippen MR) is 134 cm³/mol. The molecule has 2 aromatic heterocycles. The maximum atomic E-state index is 4.90. The third-order valence-electron chi connectivity index (χ3n) is 4.76. The first-order chi connectivity index (χ1) is 15.1. The Morgan fingerprint density at radius 1 is 0.968 bits per heavy atom. The maximum absolute atomic E-state index is 4.90. The molecule has 3 rings (SSSR count). The van der Waals surface area contributed by atoms with Crippen LogP contribution < -0.4 is 10.6 Å². The molecule has 154 valence electrons. The van der Waals surface area contributed by atoms with Crippen LogP contribution in [0.1, 0.15) is 25.4 Å². The van der Waals surface area contributed by atoms with E-state index in [0.29, 0.717) is 5.82 Å². The lowest BCUT2D eigenvalue weighted by Gasteiger charge is -2.12. The molecule has 3 aromatic rings. The third kappa shape index (κ3) is 4.78. The summed E-state index contributed by atoms with van der Waals surface area (Å²) in [5.74, 6) is 1.35. The zero-order chi connectivity index (χ0) is 22.2. The van der Waals surface area contributed by atoms with E-state index >= 15 is 0 Å². The normalized spacial score (nSPS) is 12.7. The summed E-state index contributed by atoms with van der Waals surface area (Å²) in [5, 5.41) is 1.86. The Kier molecular flexibility index (Phi) is 7.13. The highest BCUT2D eigenvalue weighted by molar-refractivity contribution is 5.73. The summed E-state index contributed by atoms with van der Waals surface area (Å²) in [5.41, 5.74) is 3.61. The molecular formula is C28H27N3. The first-order valence-electron chi connectivity index (χ1n) is 10.2. The van der Waals surface area contributed by atoms with Gasteiger partial charge in [0, 0.05) is 22.9 Å². The molecule has 0 saturated heterocycles. The number of nitrogens with zero attached hydrogens (tertiary/aromatic N) is 3. The van der Waals surface area contributed by atoms with Crippen molar-refractivity contribution in [3.05, 3.63) is 114 Å². The van der Waals surface area contributed by atoms with Gasteiger partial charge in [0.15, 0.2) is 5.82 Å². The molecule has 0 atom stereocenters. The Morgan fingerprint density at radius 3 is 2.35 bits per heavy atom. The molecule has 0 N–H and O–H groups in total. The van der Waals surface area contributed by atoms with E-state index < -0.39 is 0 Å². The van der Waals surface area contributed by atoms with Crippen LogP contribution in [0.5, 0.6) is 0 Å². The molecular weight excluding hydrogens is 378 g/mol. The van der Waals surface area contributed by atoms with E-state index in [2.05, 4.69) is 24.3 Å². The summed E-state index contributed by atoms with van der Waals surface area (Å²) in [6.45, 7) is 16.1. The smallest absolute Gasteiger partial charge is 0.162 e. The van der Waals surface area contributed by atoms with Gasteiger partial charge in [0.2, 0.25) is 0 Å². The minimum atomic E-state index is 0.607. The van der Waals surface area contributed by atoms with Crippen molar-refractivity contribution >= 4 is 24.3 Å². The van der Waals surface area contributed by atoms with Crippen molar-refractivity contribution in [3.8, 4) is 17.1 Å². The largest absolute Gasteiger partial charge is 0.294 e. The topological polar surface area (TPSA) is 30.7 Å². The standard InChI is InChI=1S/C28H27N3/c1-6-10-15-22(8-3)28-29-25(23-16-13-12-14-17-23)20-27(30-28)31-24(9-4)19-21(5)26(31)18-11-7-2/h6-20H,3-5H2,1-2H3/b10-6-,11-7-,22-15+,26-18+. The molecule has 2 heterocycles. The fraction of sp³-hybridized carbons (Fsp3) is 0.0714. The monoisotopic (exact) mass is 405 g/mol. The van der Waals surface area contributed by atoms with Crippen molar-refractivity contribution in [2.24, 2.45) is 0 Å². The fourth-order valence-corrected chi connectivity index (χ4v) is 3.24. The molecule has 0 aliphatic rings. The quantitative estimate of drug-likeness (QED) is 0.487. The number of benzene rings is 1. The average molecular weight is 406 g/mol. The first-order valence-corrected chi connectivity index (χ1v) is 10.2. The minimum Gasteiger partial charge on any atom is -0.294 e. The van der Waals surface area contributed by atoms with Gasteiger partial charge in [-0.05, 0) is 37.3 Å². The van der Waals surface area contributed by atoms with Gasteiger partial charge in [0.25, 0.3) is 0 Å². The van der Waals surface area contributed by atoms with Gasteiger partial charge >= 0.3 is 0 Å². The molecule has 0 spiro atoms. The zero-order valence-electron chi connectivity index (χ0n) is 18.1. The lowest BCUT2D eigenvalue weighted by molar-refractivity contribution is 0.935. The Balaban J connectivity index is 2.39. The third-order valence-corrected chi connectivity index (χ3v) is 4.76. The zero-order valence-corrected chi connectivity index (χ0v) is 18.1. The van der Waals surface area contributed by atoms with Gasteiger partial charge in [-0.2, -0.15) is 0 Å². The number of aromatic nitrogens is 3. The molecule has 0 aliphatic carbocycles. The van der Waals surface area contributed by atoms with Crippen molar-refractivity contribution < 1.29 is 0 Å². The van der Waals surface area contributed by atoms with Crippen molar-refractivity contribution in [3.63, 3.8) is 0 Å². The van der Waals surface area contributed by atoms with E-state index in [0.717, 1.165) is 38.9 Å². The Bertz CT molecular complexity index is 1290. The van der Waals surface area contributed by atoms with Crippen LogP contribution in [0.4, 0.5) is 0 Å². The van der Waals surface area contributed by atoms with Crippen LogP contribution in [0.2, 0.25) is 0 Å². The summed E-state index contributed by atoms with van der Waals surface area (Å²) in [4.78, 5) is 9.75. The van der Waals surface area contributed by atoms with E-state index in [-0.39, 0.29) is 0 Å². The second-order valence-corrected chi connectivity index (χ2v) is 6.86. The Hall–Kier alpha value is -3.98. The molecule has 0 bridgehead atoms. The van der Waals surface area contributed by atoms with Crippen LogP contribution in [-0.4, -0.2) is 14.5 Å². The highest BCUT2D eigenvalue weighted by atomic mass is 15.1. The molecule has 0 aliphatic heterocycles. The van der Waals surface area contributed by atoms with E-state index in [1.165, 1.54) is 0 Å². The molecule has 0 radical (unpaired) electrons. The molecule has 0 amide bonds. The molecule has 3 nitrogen and oxygen atoms in total. The van der Waals surface area contributed by atoms with Crippen LogP contribution in [0.15, 0.2) is 92.1 Å². The highest BCUT2D eigenvalue weighted by Gasteiger charge is 2.13. The van der Waals surface area contributed by atoms with Gasteiger partial charge in [0.05, 0.1) is 11.0 Å². The number of hydrogen-bond donors (Lipinski definition) is 0. The van der Waals surface area contributed by atoms with Gasteiger partial charge in [-0.15, -0.1) is 0 Å². The second kappa shape index (κ2) is 10.2. The molecule has 0 saturated carbocycles. The van der Waals surface area contributed by atoms with Crippen molar-refractivity contribution in [2.75, 3.05) is 0 Å². The summed E-state index contributed by atoms with van der Waals surface area (Å²) >= 11 is 0. The van der Waals surface area contributed by atoms with Crippen molar-refractivity contribution in [1.29, 1.82) is 0 Å². The van der Waals surface area contributed by atoms with Crippen molar-refractivity contribution in [2.45, 2.75) is 13.8 Å². The van der Waals surface area contributed by atoms with Crippen molar-refractivity contribution in [1.82, 2.24) is 14.5 Å². The van der Waals surface area contributed by atoms with Crippen LogP contribution in [-0.2, 0) is 0 Å². The summed E-state index contributed by atoms with van der Waals surface area (Å²) in [7, 11) is 0. The van der Waals surface area contributed by atoms with Gasteiger partial charge in [-0.1, -0.05) is 86.5 Å². The van der Waals surface area contributed by atoms with Gasteiger partial charge in [-0.25, -0.2) is 9.97 Å². The molecule has 0 unspecified atom stereocenters. The van der Waals surface area contributed by atoms with Gasteiger partial charge < -0.3 is 0 Å². The minimum absolute atomic E-state index is 0.607. The number of hydrogen-bond acceptors (Lipinski definition) is 2. The summed E-state index contributed by atoms with van der Waals surface area (Å²) < 4.78 is 2.06. The molecule has 0 fully saturated rings. The van der Waals surface area contributed by atoms with E-state index in [1.54, 1.807) is 6.08 Å². The van der Waals surface area contributed by atoms with Crippen LogP contribution in [0, 0.1) is 0 Å². The number of allylic oxidation sites excluding steroid dienone is 7. The molecule has 3 heteroatoms. The average Bonchev–Trinajstić information content (AvgIpc) is 3.13. The maximum Gasteiger partial charge on any atom is 0.162 e. The van der Waals surface area contributed by atoms with Gasteiger partial charge in [0.1, 0.15) is 5.82 Å². The lowest BCUT2D eigenvalue weighted by atomic mass is 10.1. The predicted octanol–water partition coefficient (Wildman–Crippen LogP) is 5.49. The Labute approximate surface area is 184 Å². The second-order valence-electron chi connectivity index (χ2n) is 6.86. The van der Waals surface area contributed by atoms with E-state index in [9.17, 15) is 0 Å². The van der Waals surface area contributed by atoms with E-state index in [1.807, 2.05) is 98.8 Å². The summed E-state index contributed by atoms with van der Waals surface area (Å²) in [6.07, 6.45) is 15.5. The lowest BCUT2D eigenvalue weighted by Crippen LogP contribution is -2.28. The van der Waals surface area contributed by atoms with Crippen LogP contribution in [0.3, 0.4) is 0 Å². The van der Waals surface area contributed by atoms with E-state index in [4.69, 9.17) is 9.97 Å². The SMILES string of the molecule is C=C/C(=C\C=C/C)c1nc(-c2ccccc2)cc(-n2c(C=C)cc(=C)/c2=C\C=C/C)n1. The summed E-state index contributed by atoms with van der Waals surface area (Å²) in [6, 6.07) is 14.1. The van der Waals surface area contributed by atoms with Crippen LogP contribution in [0.25, 0.3) is 41.4 Å². The fourth-order valence-electron chi connectivity index (χ4n) is 3.24. The number of rotatable bonds is 7. The molecule has 31 heavy (non-hydrogen) atoms. The molecule has 1 aromatic carbocycles. The van der Waals surface area contributed by atoms with Crippen LogP contribution >= 0.6 is 0 Å².